The summed E-state index contributed by atoms with van der Waals surface area (Å²) in [4.78, 5) is 21.2. The van der Waals surface area contributed by atoms with Crippen LogP contribution in [0.25, 0.3) is 22.6 Å². The number of rotatable bonds is 7. The number of halogens is 6. The van der Waals surface area contributed by atoms with Crippen molar-refractivity contribution in [1.29, 1.82) is 0 Å². The van der Waals surface area contributed by atoms with Crippen molar-refractivity contribution >= 4 is 23.1 Å². The molecule has 4 heterocycles. The predicted molar refractivity (Wildman–Crippen MR) is 155 cm³/mol. The molecule has 6 rings (SSSR count). The fraction of sp³-hybridized carbons (Fsp3) is 0.100. The number of ether oxygens (including phenoxy) is 2. The van der Waals surface area contributed by atoms with E-state index in [1.807, 2.05) is 0 Å². The Morgan fingerprint density at radius 3 is 2.21 bits per heavy atom. The van der Waals surface area contributed by atoms with Gasteiger partial charge in [-0.25, -0.2) is 24.0 Å². The van der Waals surface area contributed by atoms with Gasteiger partial charge in [-0.1, -0.05) is 0 Å². The van der Waals surface area contributed by atoms with Crippen LogP contribution in [0, 0.1) is 0 Å². The van der Waals surface area contributed by atoms with Crippen LogP contribution in [0.2, 0.25) is 0 Å². The summed E-state index contributed by atoms with van der Waals surface area (Å²) >= 11 is 0. The topological polar surface area (TPSA) is 120 Å². The quantitative estimate of drug-likeness (QED) is 0.172. The summed E-state index contributed by atoms with van der Waals surface area (Å²) in [7, 11) is 1.52. The van der Waals surface area contributed by atoms with Crippen molar-refractivity contribution in [2.45, 2.75) is 12.4 Å². The van der Waals surface area contributed by atoms with E-state index in [1.54, 1.807) is 47.1 Å². The molecule has 2 N–H and O–H groups in total. The number of amides is 2. The second kappa shape index (κ2) is 12.0. The van der Waals surface area contributed by atoms with Crippen LogP contribution in [0.3, 0.4) is 0 Å². The normalized spacial score (nSPS) is 11.8. The van der Waals surface area contributed by atoms with Gasteiger partial charge in [-0.15, -0.1) is 5.10 Å². The van der Waals surface area contributed by atoms with E-state index in [2.05, 4.69) is 30.8 Å². The average molecular weight is 655 g/mol. The minimum Gasteiger partial charge on any atom is -0.480 e. The maximum atomic E-state index is 13.4. The minimum absolute atomic E-state index is 0.146. The van der Waals surface area contributed by atoms with Crippen LogP contribution >= 0.6 is 0 Å². The Kier molecular flexibility index (Phi) is 7.88. The van der Waals surface area contributed by atoms with Crippen molar-refractivity contribution in [3.8, 4) is 34.5 Å². The second-order valence-corrected chi connectivity index (χ2v) is 9.75. The summed E-state index contributed by atoms with van der Waals surface area (Å²) in [6.45, 7) is 0. The van der Waals surface area contributed by atoms with E-state index in [4.69, 9.17) is 9.47 Å². The zero-order valence-electron chi connectivity index (χ0n) is 23.8. The van der Waals surface area contributed by atoms with Gasteiger partial charge < -0.3 is 20.1 Å². The highest BCUT2D eigenvalue weighted by Gasteiger charge is 2.34. The Labute approximate surface area is 260 Å². The number of aromatic nitrogens is 6. The number of urea groups is 1. The monoisotopic (exact) mass is 654 g/mol. The molecule has 0 aliphatic rings. The Balaban J connectivity index is 1.13. The molecule has 0 spiro atoms. The number of carbonyl (C=O) groups excluding carboxylic acids is 1. The molecule has 0 saturated carbocycles. The van der Waals surface area contributed by atoms with Crippen molar-refractivity contribution in [1.82, 2.24) is 29.4 Å². The smallest absolute Gasteiger partial charge is 0.435 e. The number of methoxy groups -OCH3 is 1. The Hall–Kier alpha value is -6.13. The largest absolute Gasteiger partial charge is 0.480 e. The highest BCUT2D eigenvalue weighted by atomic mass is 19.4. The zero-order chi connectivity index (χ0) is 33.3. The SMILES string of the molecule is COc1ccc2ncc(-c3ccc(Oc4ccc(NC(=O)Nc5cc(C(F)(F)F)ccc5-n5ccc(C(F)(F)F)n5)cn4)cc3)n2n1. The molecule has 0 bridgehead atoms. The van der Waals surface area contributed by atoms with Crippen LogP contribution in [0.4, 0.5) is 42.5 Å². The van der Waals surface area contributed by atoms with Gasteiger partial charge in [-0.3, -0.25) is 0 Å². The van der Waals surface area contributed by atoms with Gasteiger partial charge in [0.2, 0.25) is 11.8 Å². The molecule has 0 radical (unpaired) electrons. The highest BCUT2D eigenvalue weighted by molar-refractivity contribution is 6.01. The van der Waals surface area contributed by atoms with Gasteiger partial charge >= 0.3 is 18.4 Å². The lowest BCUT2D eigenvalue weighted by atomic mass is 10.1. The van der Waals surface area contributed by atoms with E-state index in [1.165, 1.54) is 25.4 Å². The van der Waals surface area contributed by atoms with Gasteiger partial charge in [-0.2, -0.15) is 31.4 Å². The summed E-state index contributed by atoms with van der Waals surface area (Å²) in [6.07, 6.45) is -5.73. The van der Waals surface area contributed by atoms with E-state index in [9.17, 15) is 31.1 Å². The number of carbonyl (C=O) groups is 1. The molecule has 4 aromatic heterocycles. The first-order chi connectivity index (χ1) is 22.4. The molecule has 11 nitrogen and oxygen atoms in total. The van der Waals surface area contributed by atoms with Gasteiger partial charge in [0.25, 0.3) is 0 Å². The second-order valence-electron chi connectivity index (χ2n) is 9.75. The van der Waals surface area contributed by atoms with E-state index in [0.717, 1.165) is 23.5 Å². The maximum Gasteiger partial charge on any atom is 0.435 e. The van der Waals surface area contributed by atoms with Crippen molar-refractivity contribution in [3.05, 3.63) is 103 Å². The molecule has 0 atom stereocenters. The number of fused-ring (bicyclic) bond motifs is 1. The van der Waals surface area contributed by atoms with E-state index in [0.29, 0.717) is 40.2 Å². The molecular formula is C30H20F6N8O3. The van der Waals surface area contributed by atoms with Gasteiger partial charge in [0.1, 0.15) is 5.75 Å². The number of hydrogen-bond acceptors (Lipinski definition) is 7. The molecule has 0 aliphatic heterocycles. The number of nitrogens with zero attached hydrogens (tertiary/aromatic N) is 6. The van der Waals surface area contributed by atoms with Crippen molar-refractivity contribution in [2.75, 3.05) is 17.7 Å². The summed E-state index contributed by atoms with van der Waals surface area (Å²) in [5, 5.41) is 12.4. The van der Waals surface area contributed by atoms with Crippen LogP contribution in [-0.4, -0.2) is 42.5 Å². The van der Waals surface area contributed by atoms with Crippen LogP contribution in [0.1, 0.15) is 11.3 Å². The molecule has 47 heavy (non-hydrogen) atoms. The van der Waals surface area contributed by atoms with Crippen molar-refractivity contribution in [3.63, 3.8) is 0 Å². The van der Waals surface area contributed by atoms with Gasteiger partial charge in [0, 0.05) is 23.9 Å². The van der Waals surface area contributed by atoms with Crippen LogP contribution < -0.4 is 20.1 Å². The Morgan fingerprint density at radius 2 is 1.55 bits per heavy atom. The first kappa shape index (κ1) is 30.9. The van der Waals surface area contributed by atoms with E-state index < -0.39 is 35.3 Å². The number of nitrogens with one attached hydrogen (secondary N) is 2. The lowest BCUT2D eigenvalue weighted by Crippen LogP contribution is -2.21. The van der Waals surface area contributed by atoms with Gasteiger partial charge in [0.15, 0.2) is 11.3 Å². The molecule has 0 fully saturated rings. The Bertz CT molecular complexity index is 2060. The van der Waals surface area contributed by atoms with E-state index >= 15 is 0 Å². The van der Waals surface area contributed by atoms with Crippen molar-refractivity contribution in [2.24, 2.45) is 0 Å². The third-order valence-electron chi connectivity index (χ3n) is 6.61. The number of pyridine rings is 1. The number of hydrogen-bond donors (Lipinski definition) is 2. The number of anilines is 2. The van der Waals surface area contributed by atoms with Crippen molar-refractivity contribution < 1.29 is 40.6 Å². The molecule has 17 heteroatoms. The summed E-state index contributed by atoms with van der Waals surface area (Å²) in [5.74, 6) is 1.04. The predicted octanol–water partition coefficient (Wildman–Crippen LogP) is 7.46. The molecule has 0 saturated heterocycles. The lowest BCUT2D eigenvalue weighted by molar-refractivity contribution is -0.141. The first-order valence-electron chi connectivity index (χ1n) is 13.4. The highest BCUT2D eigenvalue weighted by Crippen LogP contribution is 2.35. The van der Waals surface area contributed by atoms with E-state index in [-0.39, 0.29) is 17.3 Å². The molecule has 2 amide bonds. The zero-order valence-corrected chi connectivity index (χ0v) is 23.8. The summed E-state index contributed by atoms with van der Waals surface area (Å²) in [6, 6.07) is 15.2. The Morgan fingerprint density at radius 1 is 0.787 bits per heavy atom. The summed E-state index contributed by atoms with van der Waals surface area (Å²) in [5.41, 5.74) is -0.744. The molecule has 0 unspecified atom stereocenters. The van der Waals surface area contributed by atoms with Gasteiger partial charge in [-0.05, 0) is 60.7 Å². The average Bonchev–Trinajstić information content (AvgIpc) is 3.70. The van der Waals surface area contributed by atoms with Gasteiger partial charge in [0.05, 0.1) is 47.8 Å². The third-order valence-corrected chi connectivity index (χ3v) is 6.61. The van der Waals surface area contributed by atoms with Crippen LogP contribution in [-0.2, 0) is 12.4 Å². The number of benzene rings is 2. The standard InChI is InChI=1S/C30H20F6N8O3/c1-46-27-11-9-25-37-16-23(44(25)42-27)17-2-6-20(7-3-17)47-26-10-5-19(15-38-26)39-28(45)40-21-14-18(29(31,32)33)4-8-22(21)43-13-12-24(41-43)30(34,35)36/h2-16H,1H3,(H2,39,40,45). The van der Waals surface area contributed by atoms with Crippen LogP contribution in [0.5, 0.6) is 17.5 Å². The third kappa shape index (κ3) is 6.77. The molecule has 2 aromatic carbocycles. The maximum absolute atomic E-state index is 13.4. The molecule has 240 valence electrons. The fourth-order valence-electron chi connectivity index (χ4n) is 4.40. The molecular weight excluding hydrogens is 634 g/mol. The van der Waals surface area contributed by atoms with Crippen LogP contribution in [0.15, 0.2) is 91.4 Å². The minimum atomic E-state index is -4.79. The molecule has 6 aromatic rings. The number of alkyl halides is 6. The first-order valence-corrected chi connectivity index (χ1v) is 13.4. The molecule has 0 aliphatic carbocycles. The number of imidazole rings is 1. The lowest BCUT2D eigenvalue weighted by Gasteiger charge is -2.15. The fourth-order valence-corrected chi connectivity index (χ4v) is 4.40. The summed E-state index contributed by atoms with van der Waals surface area (Å²) < 4.78 is 92.6.